The largest absolute Gasteiger partial charge is 0.428 e. The molecule has 1 aromatic heterocycles. The van der Waals surface area contributed by atoms with Crippen LogP contribution >= 0.6 is 34.8 Å². The number of aromatic nitrogens is 4. The predicted octanol–water partition coefficient (Wildman–Crippen LogP) is 2.50. The molecular formula is C14H16IN5O2S. The van der Waals surface area contributed by atoms with Crippen molar-refractivity contribution in [1.29, 1.82) is 0 Å². The summed E-state index contributed by atoms with van der Waals surface area (Å²) < 4.78 is 6.75. The molecule has 0 N–H and O–H groups in total. The van der Waals surface area contributed by atoms with Crippen LogP contribution in [0, 0.1) is 0 Å². The van der Waals surface area contributed by atoms with Crippen molar-refractivity contribution < 1.29 is 7.86 Å². The molecule has 9 heteroatoms. The Morgan fingerprint density at radius 3 is 2.65 bits per heavy atom. The average molecular weight is 445 g/mol. The smallest absolute Gasteiger partial charge is 0.233 e. The maximum atomic E-state index is 12.2. The van der Waals surface area contributed by atoms with E-state index in [1.54, 1.807) is 4.68 Å². The zero-order valence-corrected chi connectivity index (χ0v) is 15.4. The molecule has 0 atom stereocenters. The molecule has 1 saturated heterocycles. The Labute approximate surface area is 152 Å². The van der Waals surface area contributed by atoms with E-state index >= 15 is 0 Å². The summed E-state index contributed by atoms with van der Waals surface area (Å²) in [5.41, 5.74) is 0.833. The number of likely N-dealkylation sites (tertiary alicyclic amines) is 1. The van der Waals surface area contributed by atoms with Gasteiger partial charge in [-0.05, 0) is 54.0 Å². The molecule has 1 amide bonds. The van der Waals surface area contributed by atoms with Gasteiger partial charge in [-0.2, -0.15) is 4.68 Å². The molecule has 2 heterocycles. The lowest BCUT2D eigenvalue weighted by Crippen LogP contribution is -2.36. The molecule has 0 saturated carbocycles. The Kier molecular flexibility index (Phi) is 5.70. The second-order valence-corrected chi connectivity index (χ2v) is 6.56. The van der Waals surface area contributed by atoms with Crippen molar-refractivity contribution in [3.05, 3.63) is 24.3 Å². The Hall–Kier alpha value is -1.36. The summed E-state index contributed by atoms with van der Waals surface area (Å²) in [6.07, 6.45) is 3.41. The molecule has 1 fully saturated rings. The fraction of sp³-hybridized carbons (Fsp3) is 0.429. The number of amides is 1. The lowest BCUT2D eigenvalue weighted by Gasteiger charge is -2.26. The van der Waals surface area contributed by atoms with Gasteiger partial charge in [-0.3, -0.25) is 4.79 Å². The fourth-order valence-electron chi connectivity index (χ4n) is 2.43. The summed E-state index contributed by atoms with van der Waals surface area (Å²) in [4.78, 5) is 14.2. The third kappa shape index (κ3) is 4.14. The quantitative estimate of drug-likeness (QED) is 0.520. The lowest BCUT2D eigenvalue weighted by atomic mass is 10.1. The molecule has 0 bridgehead atoms. The molecule has 2 aromatic rings. The number of nitrogens with zero attached hydrogens (tertiary/aromatic N) is 5. The zero-order chi connectivity index (χ0) is 16.1. The van der Waals surface area contributed by atoms with E-state index in [0.29, 0.717) is 10.9 Å². The van der Waals surface area contributed by atoms with Crippen molar-refractivity contribution >= 4 is 40.7 Å². The Morgan fingerprint density at radius 1 is 1.22 bits per heavy atom. The number of halogens is 1. The zero-order valence-electron chi connectivity index (χ0n) is 12.4. The molecule has 3 rings (SSSR count). The van der Waals surface area contributed by atoms with Gasteiger partial charge >= 0.3 is 0 Å². The number of piperidine rings is 1. The van der Waals surface area contributed by atoms with Crippen LogP contribution in [-0.4, -0.2) is 49.9 Å². The second kappa shape index (κ2) is 7.95. The van der Waals surface area contributed by atoms with E-state index in [-0.39, 0.29) is 5.91 Å². The van der Waals surface area contributed by atoms with Gasteiger partial charge in [0.05, 0.1) is 11.4 Å². The maximum Gasteiger partial charge on any atom is 0.233 e. The van der Waals surface area contributed by atoms with Crippen LogP contribution in [-0.2, 0) is 4.79 Å². The number of tetrazole rings is 1. The van der Waals surface area contributed by atoms with Crippen molar-refractivity contribution in [2.75, 3.05) is 18.8 Å². The molecule has 122 valence electrons. The molecule has 1 aromatic carbocycles. The van der Waals surface area contributed by atoms with Crippen LogP contribution < -0.4 is 3.07 Å². The molecule has 0 radical (unpaired) electrons. The standard InChI is InChI=1S/C14H16IN5O2S/c15-22-12-6-4-11(5-7-12)20-14(16-17-18-20)23-10-13(21)19-8-2-1-3-9-19/h4-7H,1-3,8-10H2. The summed E-state index contributed by atoms with van der Waals surface area (Å²) in [7, 11) is 0. The molecule has 7 nitrogen and oxygen atoms in total. The summed E-state index contributed by atoms with van der Waals surface area (Å²) >= 11 is 3.20. The minimum absolute atomic E-state index is 0.151. The van der Waals surface area contributed by atoms with Gasteiger partial charge in [0.25, 0.3) is 0 Å². The molecule has 23 heavy (non-hydrogen) atoms. The maximum absolute atomic E-state index is 12.2. The first-order valence-corrected chi connectivity index (χ1v) is 9.22. The summed E-state index contributed by atoms with van der Waals surface area (Å²) in [5, 5.41) is 12.3. The van der Waals surface area contributed by atoms with Gasteiger partial charge in [-0.1, -0.05) is 11.8 Å². The highest BCUT2D eigenvalue weighted by Gasteiger charge is 2.18. The van der Waals surface area contributed by atoms with Crippen LogP contribution in [0.1, 0.15) is 19.3 Å². The van der Waals surface area contributed by atoms with E-state index in [2.05, 4.69) is 15.5 Å². The SMILES string of the molecule is O=C(CSc1nnnn1-c1ccc(OI)cc1)N1CCCCC1. The van der Waals surface area contributed by atoms with Gasteiger partial charge in [0, 0.05) is 13.1 Å². The van der Waals surface area contributed by atoms with E-state index in [1.165, 1.54) is 18.2 Å². The van der Waals surface area contributed by atoms with Gasteiger partial charge in [-0.15, -0.1) is 5.10 Å². The first-order chi connectivity index (χ1) is 11.3. The van der Waals surface area contributed by atoms with Crippen molar-refractivity contribution in [2.45, 2.75) is 24.4 Å². The van der Waals surface area contributed by atoms with Crippen LogP contribution in [0.3, 0.4) is 0 Å². The monoisotopic (exact) mass is 445 g/mol. The molecule has 0 aliphatic carbocycles. The van der Waals surface area contributed by atoms with Crippen LogP contribution in [0.2, 0.25) is 0 Å². The topological polar surface area (TPSA) is 73.1 Å². The van der Waals surface area contributed by atoms with Crippen LogP contribution in [0.25, 0.3) is 5.69 Å². The highest BCUT2D eigenvalue weighted by Crippen LogP contribution is 2.22. The number of carbonyl (C=O) groups excluding carboxylic acids is 1. The van der Waals surface area contributed by atoms with Crippen LogP contribution in [0.4, 0.5) is 0 Å². The molecular weight excluding hydrogens is 429 g/mol. The molecule has 1 aliphatic rings. The fourth-order valence-corrected chi connectivity index (χ4v) is 3.52. The summed E-state index contributed by atoms with van der Waals surface area (Å²) in [5.74, 6) is 1.27. The highest BCUT2D eigenvalue weighted by molar-refractivity contribution is 14.1. The third-order valence-electron chi connectivity index (χ3n) is 3.64. The van der Waals surface area contributed by atoms with E-state index in [0.717, 1.165) is 37.4 Å². The van der Waals surface area contributed by atoms with E-state index in [4.69, 9.17) is 3.07 Å². The number of hydrogen-bond donors (Lipinski definition) is 0. The number of hydrogen-bond acceptors (Lipinski definition) is 6. The van der Waals surface area contributed by atoms with Crippen LogP contribution in [0.5, 0.6) is 5.75 Å². The van der Waals surface area contributed by atoms with E-state index < -0.39 is 0 Å². The van der Waals surface area contributed by atoms with Crippen molar-refractivity contribution in [2.24, 2.45) is 0 Å². The van der Waals surface area contributed by atoms with Crippen LogP contribution in [0.15, 0.2) is 29.4 Å². The third-order valence-corrected chi connectivity index (χ3v) is 5.06. The predicted molar refractivity (Wildman–Crippen MR) is 95.0 cm³/mol. The summed E-state index contributed by atoms with van der Waals surface area (Å²) in [6, 6.07) is 7.44. The van der Waals surface area contributed by atoms with Crippen molar-refractivity contribution in [3.63, 3.8) is 0 Å². The highest BCUT2D eigenvalue weighted by atomic mass is 127. The second-order valence-electron chi connectivity index (χ2n) is 5.17. The minimum atomic E-state index is 0.151. The normalized spacial score (nSPS) is 14.7. The van der Waals surface area contributed by atoms with E-state index in [9.17, 15) is 4.79 Å². The Morgan fingerprint density at radius 2 is 1.96 bits per heavy atom. The first kappa shape index (κ1) is 16.5. The number of thioether (sulfide) groups is 1. The molecule has 1 aliphatic heterocycles. The van der Waals surface area contributed by atoms with Crippen molar-refractivity contribution in [3.8, 4) is 11.4 Å². The summed E-state index contributed by atoms with van der Waals surface area (Å²) in [6.45, 7) is 1.73. The first-order valence-electron chi connectivity index (χ1n) is 7.36. The Balaban J connectivity index is 1.64. The van der Waals surface area contributed by atoms with E-state index in [1.807, 2.05) is 52.2 Å². The van der Waals surface area contributed by atoms with Gasteiger partial charge in [0.1, 0.15) is 5.75 Å². The Bertz CT molecular complexity index is 657. The van der Waals surface area contributed by atoms with Gasteiger partial charge in [0.15, 0.2) is 23.0 Å². The number of benzene rings is 1. The average Bonchev–Trinajstić information content (AvgIpc) is 3.09. The molecule has 0 unspecified atom stereocenters. The molecule has 0 spiro atoms. The van der Waals surface area contributed by atoms with Gasteiger partial charge < -0.3 is 7.97 Å². The number of carbonyl (C=O) groups is 1. The minimum Gasteiger partial charge on any atom is -0.428 e. The van der Waals surface area contributed by atoms with Gasteiger partial charge in [0.2, 0.25) is 11.1 Å². The van der Waals surface area contributed by atoms with Gasteiger partial charge in [-0.25, -0.2) is 0 Å². The van der Waals surface area contributed by atoms with Crippen molar-refractivity contribution in [1.82, 2.24) is 25.1 Å². The number of rotatable bonds is 5. The lowest BCUT2D eigenvalue weighted by molar-refractivity contribution is -0.129.